The van der Waals surface area contributed by atoms with Crippen LogP contribution in [-0.2, 0) is 0 Å². The molecule has 5 aromatic carbocycles. The number of unbranched alkanes of at least 4 members (excludes halogenated alkanes) is 4. The van der Waals surface area contributed by atoms with Gasteiger partial charge in [-0.15, -0.1) is 0 Å². The fourth-order valence-electron chi connectivity index (χ4n) is 12.8. The molecule has 4 aliphatic rings. The zero-order valence-corrected chi connectivity index (χ0v) is 44.8. The van der Waals surface area contributed by atoms with Crippen LogP contribution in [0.4, 0.5) is 114 Å². The molecule has 0 N–H and O–H groups in total. The molecule has 0 aromatic heterocycles. The number of hydrogen-bond donors (Lipinski definition) is 0. The van der Waals surface area contributed by atoms with Gasteiger partial charge in [-0.05, 0) is 59.6 Å². The van der Waals surface area contributed by atoms with Crippen molar-refractivity contribution in [2.75, 3.05) is 12.3 Å². The lowest BCUT2D eigenvalue weighted by Gasteiger charge is -2.57. The van der Waals surface area contributed by atoms with E-state index in [1.165, 1.54) is 57.4 Å². The first kappa shape index (κ1) is 64.7. The Bertz CT molecular complexity index is 3320. The maximum Gasteiger partial charge on any atom is 0.200 e. The third kappa shape index (κ3) is 9.85. The van der Waals surface area contributed by atoms with E-state index in [0.29, 0.717) is 5.30 Å². The Hall–Kier alpha value is -6.27. The Morgan fingerprint density at radius 2 is 0.659 bits per heavy atom. The predicted octanol–water partition coefficient (Wildman–Crippen LogP) is 20.4. The van der Waals surface area contributed by atoms with Crippen molar-refractivity contribution in [2.45, 2.75) is 102 Å². The predicted molar refractivity (Wildman–Crippen MR) is 264 cm³/mol. The van der Waals surface area contributed by atoms with Crippen molar-refractivity contribution in [2.24, 2.45) is 5.92 Å². The molecule has 6 atom stereocenters. The highest BCUT2D eigenvalue weighted by Crippen LogP contribution is 2.72. The molecule has 85 heavy (non-hydrogen) atoms. The van der Waals surface area contributed by atoms with Crippen LogP contribution in [0.1, 0.15) is 146 Å². The SMILES string of the molecule is CCCCCC[PH+](CCC(CC)CCCC)c1cccc(F)c1F.FC1=C(F)C([B-](C2C(F)=C(F)c3c(F)c(F)c(F)c(F)c32)(C2C(F)=C(F)c3c(F)c(F)c(F)c(F)c32)C2C(F)=C(F)c3c(F)c(F)c(F)c(F)c32)c2c(F)c(F)c(F)c(F)c21. The summed E-state index contributed by atoms with van der Waals surface area (Å²) in [6.07, 6.45) is 6.35. The molecule has 5 aromatic rings. The average Bonchev–Trinajstić information content (AvgIpc) is 1.53. The number of allylic oxidation sites excluding steroid dienone is 4. The molecule has 0 nitrogen and oxygen atoms in total. The largest absolute Gasteiger partial charge is 0.212 e. The highest BCUT2D eigenvalue weighted by atomic mass is 31.1. The molecule has 0 amide bonds. The fraction of sp³-hybridized carbons (Fsp3) is 0.333. The lowest BCUT2D eigenvalue weighted by atomic mass is 9.02. The van der Waals surface area contributed by atoms with E-state index in [1.807, 2.05) is 6.07 Å². The van der Waals surface area contributed by atoms with Gasteiger partial charge in [0.1, 0.15) is 28.6 Å². The monoisotopic (exact) mass is 1260 g/mol. The molecule has 0 spiro atoms. The summed E-state index contributed by atoms with van der Waals surface area (Å²) in [5.74, 6) is -96.8. The Morgan fingerprint density at radius 3 is 0.965 bits per heavy atom. The minimum Gasteiger partial charge on any atom is -0.212 e. The number of halogens is 26. The second-order valence-electron chi connectivity index (χ2n) is 20.9. The first-order chi connectivity index (χ1) is 40.0. The summed E-state index contributed by atoms with van der Waals surface area (Å²) in [5, 5.41) is 0.696. The third-order valence-electron chi connectivity index (χ3n) is 16.6. The van der Waals surface area contributed by atoms with Gasteiger partial charge in [-0.1, -0.05) is 88.6 Å². The zero-order valence-electron chi connectivity index (χ0n) is 43.8. The first-order valence-electron chi connectivity index (χ1n) is 26.1. The Labute approximate surface area is 466 Å². The van der Waals surface area contributed by atoms with Crippen LogP contribution < -0.4 is 5.30 Å². The van der Waals surface area contributed by atoms with Crippen LogP contribution in [0.3, 0.4) is 0 Å². The van der Waals surface area contributed by atoms with Crippen LogP contribution in [0.25, 0.3) is 23.3 Å². The fourth-order valence-corrected chi connectivity index (χ4v) is 15.8. The van der Waals surface area contributed by atoms with Gasteiger partial charge in [-0.2, -0.15) is 4.39 Å². The second-order valence-corrected chi connectivity index (χ2v) is 23.6. The van der Waals surface area contributed by atoms with Crippen molar-refractivity contribution in [3.63, 3.8) is 0 Å². The van der Waals surface area contributed by atoms with Crippen LogP contribution >= 0.6 is 7.92 Å². The molecule has 28 heteroatoms. The molecule has 0 fully saturated rings. The van der Waals surface area contributed by atoms with Gasteiger partial charge in [0.25, 0.3) is 0 Å². The topological polar surface area (TPSA) is 0 Å². The third-order valence-corrected chi connectivity index (χ3v) is 19.6. The summed E-state index contributed by atoms with van der Waals surface area (Å²) in [6, 6.07) is 4.75. The molecule has 0 heterocycles. The van der Waals surface area contributed by atoms with Crippen molar-refractivity contribution in [1.29, 1.82) is 0 Å². The normalized spacial score (nSPS) is 19.4. The zero-order chi connectivity index (χ0) is 63.1. The lowest BCUT2D eigenvalue weighted by molar-refractivity contribution is 0.396. The van der Waals surface area contributed by atoms with E-state index in [4.69, 9.17) is 0 Å². The molecule has 0 saturated carbocycles. The van der Waals surface area contributed by atoms with Crippen molar-refractivity contribution in [1.82, 2.24) is 0 Å². The molecule has 0 aliphatic heterocycles. The molecule has 458 valence electrons. The number of fused-ring (bicyclic) bond motifs is 4. The summed E-state index contributed by atoms with van der Waals surface area (Å²) < 4.78 is 405. The summed E-state index contributed by atoms with van der Waals surface area (Å²) in [5.41, 5.74) is -22.0. The molecule has 6 unspecified atom stereocenters. The molecule has 0 saturated heterocycles. The highest BCUT2D eigenvalue weighted by molar-refractivity contribution is 7.65. The van der Waals surface area contributed by atoms with E-state index in [1.54, 1.807) is 6.07 Å². The molecule has 0 bridgehead atoms. The minimum atomic E-state index is -6.83. The average molecular weight is 1260 g/mol. The van der Waals surface area contributed by atoms with Crippen LogP contribution in [0, 0.1) is 111 Å². The summed E-state index contributed by atoms with van der Waals surface area (Å²) in [6.45, 7) is 6.70. The van der Waals surface area contributed by atoms with Gasteiger partial charge in [-0.3, -0.25) is 0 Å². The number of rotatable bonds is 17. The van der Waals surface area contributed by atoms with Crippen molar-refractivity contribution < 1.29 is 114 Å². The molecular weight excluding hydrogens is 1220 g/mol. The van der Waals surface area contributed by atoms with Crippen LogP contribution in [0.2, 0.25) is 0 Å². The quantitative estimate of drug-likeness (QED) is 0.0217. The Balaban J connectivity index is 0.000000330. The Kier molecular flexibility index (Phi) is 18.6. The Morgan fingerprint density at radius 1 is 0.341 bits per heavy atom. The van der Waals surface area contributed by atoms with Gasteiger partial charge in [-0.25, -0.2) is 110 Å². The number of benzene rings is 5. The second kappa shape index (κ2) is 24.5. The van der Waals surface area contributed by atoms with Gasteiger partial charge in [0, 0.05) is 7.92 Å². The maximum atomic E-state index is 17.0. The van der Waals surface area contributed by atoms with E-state index in [2.05, 4.69) is 20.8 Å². The van der Waals surface area contributed by atoms with Crippen molar-refractivity contribution in [3.05, 3.63) is 191 Å². The molecule has 0 radical (unpaired) electrons. The summed E-state index contributed by atoms with van der Waals surface area (Å²) in [7, 11) is -0.999. The van der Waals surface area contributed by atoms with Gasteiger partial charge >= 0.3 is 0 Å². The van der Waals surface area contributed by atoms with E-state index < -0.39 is 233 Å². The minimum absolute atomic E-state index is 0.580. The molecule has 4 aliphatic carbocycles. The molecule has 9 rings (SSSR count). The standard InChI is InChI=1S/C36H4BF24.C21H35F2P/c38-13-1-5(21(46)33(58)29(13)54)17(42)25(50)9(1)37(10-2-6(18(43)26(10)51)22(47)34(59)30(55)14(2)39,11-3-7(19(44)27(11)52)23(48)35(60)31(56)15(3)40)12-4-8(20(45)28(12)53)24(49)36(61)32(57)16(4)41;1-4-7-9-10-16-24(17-15-18(6-3)12-8-5-2)20-14-11-13-19(22)21(20)23/h9-12H;11,13-14,18H,4-10,12,15-17H2,1-3H3/q-1;/p+1. The molecular formula is C57H40BF26P. The van der Waals surface area contributed by atoms with Gasteiger partial charge < -0.3 is 0 Å². The van der Waals surface area contributed by atoms with Gasteiger partial charge in [0.15, 0.2) is 122 Å². The van der Waals surface area contributed by atoms with E-state index in [9.17, 15) is 26.3 Å². The maximum absolute atomic E-state index is 17.0. The van der Waals surface area contributed by atoms with Gasteiger partial charge in [0.05, 0.1) is 40.7 Å². The van der Waals surface area contributed by atoms with Crippen LogP contribution in [-0.4, -0.2) is 18.5 Å². The smallest absolute Gasteiger partial charge is 0.200 e. The summed E-state index contributed by atoms with van der Waals surface area (Å²) in [4.78, 5) is 0. The lowest BCUT2D eigenvalue weighted by Crippen LogP contribution is -2.59. The van der Waals surface area contributed by atoms with Crippen LogP contribution in [0.5, 0.6) is 0 Å². The van der Waals surface area contributed by atoms with E-state index in [0.717, 1.165) is 24.7 Å². The van der Waals surface area contributed by atoms with Crippen molar-refractivity contribution in [3.8, 4) is 0 Å². The van der Waals surface area contributed by atoms with E-state index >= 15 is 87.8 Å². The van der Waals surface area contributed by atoms with Crippen molar-refractivity contribution >= 4 is 42.7 Å². The summed E-state index contributed by atoms with van der Waals surface area (Å²) >= 11 is 0. The van der Waals surface area contributed by atoms with E-state index in [-0.39, 0.29) is 0 Å². The van der Waals surface area contributed by atoms with Crippen LogP contribution in [0.15, 0.2) is 41.5 Å². The number of hydrogen-bond acceptors (Lipinski definition) is 0. The van der Waals surface area contributed by atoms with Gasteiger partial charge in [0.2, 0.25) is 5.82 Å². The highest BCUT2D eigenvalue weighted by Gasteiger charge is 2.67. The first-order valence-corrected chi connectivity index (χ1v) is 28.0.